The van der Waals surface area contributed by atoms with Gasteiger partial charge in [-0.25, -0.2) is 4.98 Å². The van der Waals surface area contributed by atoms with Crippen LogP contribution in [0.2, 0.25) is 0 Å². The Morgan fingerprint density at radius 2 is 2.33 bits per heavy atom. The molecule has 18 heavy (non-hydrogen) atoms. The van der Waals surface area contributed by atoms with E-state index in [9.17, 15) is 4.79 Å². The van der Waals surface area contributed by atoms with Crippen LogP contribution >= 0.6 is 11.3 Å². The molecule has 2 unspecified atom stereocenters. The van der Waals surface area contributed by atoms with E-state index in [1.807, 2.05) is 6.92 Å². The highest BCUT2D eigenvalue weighted by molar-refractivity contribution is 7.11. The van der Waals surface area contributed by atoms with Gasteiger partial charge in [-0.2, -0.15) is 0 Å². The van der Waals surface area contributed by atoms with Gasteiger partial charge in [-0.3, -0.25) is 9.69 Å². The normalized spacial score (nSPS) is 28.1. The molecule has 2 saturated heterocycles. The van der Waals surface area contributed by atoms with E-state index in [-0.39, 0.29) is 5.91 Å². The zero-order chi connectivity index (χ0) is 12.5. The third kappa shape index (κ3) is 2.17. The third-order valence-corrected chi connectivity index (χ3v) is 5.05. The predicted octanol–water partition coefficient (Wildman–Crippen LogP) is 1.81. The molecule has 1 aromatic rings. The number of fused-ring (bicyclic) bond motifs is 1. The van der Waals surface area contributed by atoms with Crippen LogP contribution in [0.15, 0.2) is 5.51 Å². The summed E-state index contributed by atoms with van der Waals surface area (Å²) in [5, 5.41) is 3.21. The number of rotatable bonds is 2. The monoisotopic (exact) mass is 265 g/mol. The number of amides is 1. The van der Waals surface area contributed by atoms with Gasteiger partial charge in [-0.1, -0.05) is 6.42 Å². The van der Waals surface area contributed by atoms with Crippen LogP contribution in [-0.4, -0.2) is 41.0 Å². The maximum atomic E-state index is 12.2. The summed E-state index contributed by atoms with van der Waals surface area (Å²) in [5.74, 6) is 0.0624. The lowest BCUT2D eigenvalue weighted by Crippen LogP contribution is -2.46. The average Bonchev–Trinajstić information content (AvgIpc) is 2.97. The first-order valence-corrected chi connectivity index (χ1v) is 7.58. The molecule has 0 aliphatic carbocycles. The number of nitrogens with one attached hydrogen (secondary N) is 1. The van der Waals surface area contributed by atoms with Crippen LogP contribution in [0.3, 0.4) is 0 Å². The predicted molar refractivity (Wildman–Crippen MR) is 71.9 cm³/mol. The molecule has 1 N–H and O–H groups in total. The Bertz CT molecular complexity index is 445. The van der Waals surface area contributed by atoms with Gasteiger partial charge in [0.15, 0.2) is 0 Å². The summed E-state index contributed by atoms with van der Waals surface area (Å²) < 4.78 is 0. The van der Waals surface area contributed by atoms with E-state index in [1.54, 1.807) is 5.51 Å². The van der Waals surface area contributed by atoms with E-state index in [0.717, 1.165) is 23.5 Å². The van der Waals surface area contributed by atoms with Gasteiger partial charge in [0.25, 0.3) is 5.91 Å². The fraction of sp³-hybridized carbons (Fsp3) is 0.692. The molecular formula is C13H19N3OS. The van der Waals surface area contributed by atoms with E-state index in [1.165, 1.54) is 37.1 Å². The van der Waals surface area contributed by atoms with Crippen LogP contribution in [-0.2, 0) is 0 Å². The van der Waals surface area contributed by atoms with Crippen molar-refractivity contribution in [2.45, 2.75) is 44.7 Å². The van der Waals surface area contributed by atoms with Crippen molar-refractivity contribution in [3.8, 4) is 0 Å². The second kappa shape index (κ2) is 4.97. The third-order valence-electron chi connectivity index (χ3n) is 4.12. The zero-order valence-corrected chi connectivity index (χ0v) is 11.5. The number of carbonyl (C=O) groups is 1. The fourth-order valence-electron chi connectivity index (χ4n) is 3.17. The summed E-state index contributed by atoms with van der Waals surface area (Å²) >= 11 is 1.43. The first-order valence-electron chi connectivity index (χ1n) is 6.70. The van der Waals surface area contributed by atoms with Crippen LogP contribution in [0.4, 0.5) is 0 Å². The highest BCUT2D eigenvalue weighted by Gasteiger charge is 2.36. The Morgan fingerprint density at radius 1 is 1.44 bits per heavy atom. The Labute approximate surface area is 111 Å². The van der Waals surface area contributed by atoms with Crippen molar-refractivity contribution >= 4 is 17.2 Å². The largest absolute Gasteiger partial charge is 0.347 e. The van der Waals surface area contributed by atoms with Gasteiger partial charge in [0, 0.05) is 18.6 Å². The van der Waals surface area contributed by atoms with E-state index in [0.29, 0.717) is 12.1 Å². The lowest BCUT2D eigenvalue weighted by Gasteiger charge is -2.32. The second-order valence-electron chi connectivity index (χ2n) is 5.23. The molecule has 1 aromatic heterocycles. The van der Waals surface area contributed by atoms with Crippen molar-refractivity contribution < 1.29 is 4.79 Å². The van der Waals surface area contributed by atoms with Gasteiger partial charge >= 0.3 is 0 Å². The summed E-state index contributed by atoms with van der Waals surface area (Å²) in [6.07, 6.45) is 4.93. The number of aromatic nitrogens is 1. The molecule has 0 radical (unpaired) electrons. The summed E-state index contributed by atoms with van der Waals surface area (Å²) in [4.78, 5) is 19.6. The van der Waals surface area contributed by atoms with E-state index in [4.69, 9.17) is 0 Å². The van der Waals surface area contributed by atoms with Crippen LogP contribution in [0.1, 0.15) is 41.0 Å². The minimum absolute atomic E-state index is 0.0624. The van der Waals surface area contributed by atoms with Crippen LogP contribution in [0.25, 0.3) is 0 Å². The first-order chi connectivity index (χ1) is 8.75. The number of hydrogen-bond donors (Lipinski definition) is 1. The zero-order valence-electron chi connectivity index (χ0n) is 10.7. The maximum Gasteiger partial charge on any atom is 0.263 e. The molecule has 3 heterocycles. The van der Waals surface area contributed by atoms with Gasteiger partial charge in [-0.15, -0.1) is 11.3 Å². The number of hydrogen-bond acceptors (Lipinski definition) is 4. The lowest BCUT2D eigenvalue weighted by molar-refractivity contribution is 0.0918. The smallest absolute Gasteiger partial charge is 0.263 e. The second-order valence-corrected chi connectivity index (χ2v) is 6.09. The number of carbonyl (C=O) groups excluding carboxylic acids is 1. The van der Waals surface area contributed by atoms with Gasteiger partial charge in [0.2, 0.25) is 0 Å². The van der Waals surface area contributed by atoms with Gasteiger partial charge in [-0.05, 0) is 32.7 Å². The first kappa shape index (κ1) is 12.1. The molecule has 0 saturated carbocycles. The lowest BCUT2D eigenvalue weighted by atomic mass is 9.99. The van der Waals surface area contributed by atoms with Crippen LogP contribution in [0.5, 0.6) is 0 Å². The SMILES string of the molecule is Cc1ncsc1C(=O)NC1CCN2CCCCC12. The number of piperidine rings is 1. The molecule has 1 amide bonds. The van der Waals surface area contributed by atoms with Crippen molar-refractivity contribution in [3.05, 3.63) is 16.1 Å². The number of thiazole rings is 1. The van der Waals surface area contributed by atoms with Crippen molar-refractivity contribution in [1.82, 2.24) is 15.2 Å². The van der Waals surface area contributed by atoms with Gasteiger partial charge in [0.05, 0.1) is 11.2 Å². The minimum atomic E-state index is 0.0624. The van der Waals surface area contributed by atoms with Gasteiger partial charge < -0.3 is 5.32 Å². The molecule has 4 nitrogen and oxygen atoms in total. The maximum absolute atomic E-state index is 12.2. The molecule has 3 rings (SSSR count). The van der Waals surface area contributed by atoms with E-state index in [2.05, 4.69) is 15.2 Å². The summed E-state index contributed by atoms with van der Waals surface area (Å²) in [6.45, 7) is 4.24. The van der Waals surface area contributed by atoms with Crippen LogP contribution in [0, 0.1) is 6.92 Å². The Hall–Kier alpha value is -0.940. The summed E-state index contributed by atoms with van der Waals surface area (Å²) in [7, 11) is 0. The Morgan fingerprint density at radius 3 is 3.11 bits per heavy atom. The topological polar surface area (TPSA) is 45.2 Å². The molecule has 2 aliphatic heterocycles. The molecular weight excluding hydrogens is 246 g/mol. The van der Waals surface area contributed by atoms with E-state index < -0.39 is 0 Å². The molecule has 0 aromatic carbocycles. The average molecular weight is 265 g/mol. The molecule has 0 spiro atoms. The van der Waals surface area contributed by atoms with Crippen molar-refractivity contribution in [3.63, 3.8) is 0 Å². The van der Waals surface area contributed by atoms with Crippen molar-refractivity contribution in [1.29, 1.82) is 0 Å². The van der Waals surface area contributed by atoms with Gasteiger partial charge in [0.1, 0.15) is 4.88 Å². The Balaban J connectivity index is 1.66. The number of nitrogens with zero attached hydrogens (tertiary/aromatic N) is 2. The fourth-order valence-corrected chi connectivity index (χ4v) is 3.87. The summed E-state index contributed by atoms with van der Waals surface area (Å²) in [6, 6.07) is 0.898. The molecule has 5 heteroatoms. The highest BCUT2D eigenvalue weighted by Crippen LogP contribution is 2.27. The Kier molecular flexibility index (Phi) is 3.35. The van der Waals surface area contributed by atoms with Crippen LogP contribution < -0.4 is 5.32 Å². The minimum Gasteiger partial charge on any atom is -0.347 e. The van der Waals surface area contributed by atoms with E-state index >= 15 is 0 Å². The highest BCUT2D eigenvalue weighted by atomic mass is 32.1. The van der Waals surface area contributed by atoms with Crippen molar-refractivity contribution in [2.24, 2.45) is 0 Å². The number of aryl methyl sites for hydroxylation is 1. The standard InChI is InChI=1S/C13H19N3OS/c1-9-12(18-8-14-9)13(17)15-10-5-7-16-6-3-2-4-11(10)16/h8,10-11H,2-7H2,1H3,(H,15,17). The summed E-state index contributed by atoms with van der Waals surface area (Å²) in [5.41, 5.74) is 2.59. The molecule has 2 aliphatic rings. The van der Waals surface area contributed by atoms with Crippen molar-refractivity contribution in [2.75, 3.05) is 13.1 Å². The molecule has 98 valence electrons. The molecule has 0 bridgehead atoms. The molecule has 2 fully saturated rings. The molecule has 2 atom stereocenters. The quantitative estimate of drug-likeness (QED) is 0.887.